The predicted molar refractivity (Wildman–Crippen MR) is 70.2 cm³/mol. The van der Waals surface area contributed by atoms with Crippen molar-refractivity contribution in [1.29, 1.82) is 0 Å². The third kappa shape index (κ3) is 2.06. The summed E-state index contributed by atoms with van der Waals surface area (Å²) in [5.41, 5.74) is 7.67. The van der Waals surface area contributed by atoms with Crippen molar-refractivity contribution in [3.8, 4) is 11.4 Å². The second-order valence-electron chi connectivity index (χ2n) is 4.24. The van der Waals surface area contributed by atoms with Crippen molar-refractivity contribution in [3.05, 3.63) is 29.3 Å². The molecule has 0 unspecified atom stereocenters. The van der Waals surface area contributed by atoms with Gasteiger partial charge in [-0.05, 0) is 36.5 Å². The summed E-state index contributed by atoms with van der Waals surface area (Å²) < 4.78 is 4.23. The van der Waals surface area contributed by atoms with Gasteiger partial charge in [0.2, 0.25) is 0 Å². The molecule has 2 aromatic rings. The molecule has 0 aromatic carbocycles. The van der Waals surface area contributed by atoms with Crippen molar-refractivity contribution >= 4 is 23.1 Å². The maximum atomic E-state index is 11.9. The molecule has 92 valence electrons. The zero-order chi connectivity index (χ0) is 12.5. The fourth-order valence-corrected chi connectivity index (χ4v) is 2.34. The van der Waals surface area contributed by atoms with Crippen molar-refractivity contribution in [1.82, 2.24) is 14.7 Å². The summed E-state index contributed by atoms with van der Waals surface area (Å²) in [7, 11) is 0. The number of nitrogens with one attached hydrogen (secondary N) is 1. The second-order valence-corrected chi connectivity index (χ2v) is 5.01. The number of anilines is 1. The number of hydrogen-bond donors (Lipinski definition) is 2. The highest BCUT2D eigenvalue weighted by Gasteiger charge is 2.26. The molecule has 6 heteroatoms. The number of aromatic nitrogens is 2. The van der Waals surface area contributed by atoms with Gasteiger partial charge >= 0.3 is 0 Å². The molecule has 3 rings (SSSR count). The van der Waals surface area contributed by atoms with Gasteiger partial charge in [-0.15, -0.1) is 0 Å². The Bertz CT molecular complexity index is 577. The van der Waals surface area contributed by atoms with E-state index in [0.717, 1.165) is 24.4 Å². The molecule has 2 heterocycles. The molecule has 0 spiro atoms. The number of rotatable bonds is 3. The Balaban J connectivity index is 1.89. The average Bonchev–Trinajstić information content (AvgIpc) is 3.11. The lowest BCUT2D eigenvalue weighted by atomic mass is 10.2. The van der Waals surface area contributed by atoms with Crippen LogP contribution in [0.2, 0.25) is 0 Å². The van der Waals surface area contributed by atoms with Crippen LogP contribution in [0.15, 0.2) is 24.4 Å². The van der Waals surface area contributed by atoms with E-state index in [1.54, 1.807) is 6.20 Å². The maximum Gasteiger partial charge on any atom is 0.265 e. The van der Waals surface area contributed by atoms with Gasteiger partial charge in [0.05, 0.1) is 11.4 Å². The van der Waals surface area contributed by atoms with Crippen LogP contribution in [-0.4, -0.2) is 21.3 Å². The Hall–Kier alpha value is -1.95. The average molecular weight is 260 g/mol. The zero-order valence-electron chi connectivity index (χ0n) is 9.59. The van der Waals surface area contributed by atoms with Gasteiger partial charge in [-0.1, -0.05) is 6.07 Å². The quantitative estimate of drug-likeness (QED) is 0.879. The van der Waals surface area contributed by atoms with Gasteiger partial charge in [-0.2, -0.15) is 4.37 Å². The fourth-order valence-electron chi connectivity index (χ4n) is 1.63. The highest BCUT2D eigenvalue weighted by atomic mass is 32.1. The van der Waals surface area contributed by atoms with E-state index in [1.807, 2.05) is 18.2 Å². The van der Waals surface area contributed by atoms with Crippen LogP contribution in [0.25, 0.3) is 11.4 Å². The SMILES string of the molecule is Nc1c(-c2ccccn2)nsc1C(=O)NC1CC1. The number of carbonyl (C=O) groups is 1. The maximum absolute atomic E-state index is 11.9. The van der Waals surface area contributed by atoms with Crippen molar-refractivity contribution < 1.29 is 4.79 Å². The van der Waals surface area contributed by atoms with Crippen LogP contribution in [0.4, 0.5) is 5.69 Å². The number of nitrogens with two attached hydrogens (primary N) is 1. The minimum absolute atomic E-state index is 0.130. The first-order valence-corrected chi connectivity index (χ1v) is 6.50. The number of amides is 1. The van der Waals surface area contributed by atoms with Gasteiger partial charge in [-0.3, -0.25) is 9.78 Å². The molecular formula is C12H12N4OS. The Labute approximate surface area is 108 Å². The van der Waals surface area contributed by atoms with Gasteiger partial charge in [0, 0.05) is 12.2 Å². The van der Waals surface area contributed by atoms with E-state index in [0.29, 0.717) is 28.0 Å². The zero-order valence-corrected chi connectivity index (χ0v) is 10.4. The van der Waals surface area contributed by atoms with E-state index >= 15 is 0 Å². The van der Waals surface area contributed by atoms with Crippen molar-refractivity contribution in [2.75, 3.05) is 5.73 Å². The summed E-state index contributed by atoms with van der Waals surface area (Å²) in [6, 6.07) is 5.84. The monoisotopic (exact) mass is 260 g/mol. The van der Waals surface area contributed by atoms with Gasteiger partial charge in [-0.25, -0.2) is 0 Å². The highest BCUT2D eigenvalue weighted by Crippen LogP contribution is 2.30. The largest absolute Gasteiger partial charge is 0.396 e. The number of nitrogen functional groups attached to an aromatic ring is 1. The number of carbonyl (C=O) groups excluding carboxylic acids is 1. The molecule has 2 aromatic heterocycles. The number of hydrogen-bond acceptors (Lipinski definition) is 5. The van der Waals surface area contributed by atoms with Crippen LogP contribution < -0.4 is 11.1 Å². The summed E-state index contributed by atoms with van der Waals surface area (Å²) in [4.78, 5) is 16.6. The van der Waals surface area contributed by atoms with E-state index in [1.165, 1.54) is 0 Å². The first-order chi connectivity index (χ1) is 8.75. The molecule has 0 radical (unpaired) electrons. The van der Waals surface area contributed by atoms with E-state index < -0.39 is 0 Å². The number of nitrogens with zero attached hydrogens (tertiary/aromatic N) is 2. The Morgan fingerprint density at radius 1 is 1.44 bits per heavy atom. The van der Waals surface area contributed by atoms with Crippen molar-refractivity contribution in [2.24, 2.45) is 0 Å². The van der Waals surface area contributed by atoms with Crippen LogP contribution in [0.3, 0.4) is 0 Å². The number of pyridine rings is 1. The molecule has 1 amide bonds. The third-order valence-electron chi connectivity index (χ3n) is 2.75. The van der Waals surface area contributed by atoms with Crippen LogP contribution in [0.5, 0.6) is 0 Å². The Morgan fingerprint density at radius 3 is 2.94 bits per heavy atom. The van der Waals surface area contributed by atoms with Crippen LogP contribution in [-0.2, 0) is 0 Å². The fraction of sp³-hybridized carbons (Fsp3) is 0.250. The lowest BCUT2D eigenvalue weighted by Crippen LogP contribution is -2.25. The second kappa shape index (κ2) is 4.38. The minimum atomic E-state index is -0.130. The van der Waals surface area contributed by atoms with Crippen molar-refractivity contribution in [2.45, 2.75) is 18.9 Å². The highest BCUT2D eigenvalue weighted by molar-refractivity contribution is 7.09. The standard InChI is InChI=1S/C12H12N4OS/c13-9-10(8-3-1-2-6-14-8)16-18-11(9)12(17)15-7-4-5-7/h1-3,6-7H,4-5,13H2,(H,15,17). The molecule has 1 aliphatic carbocycles. The third-order valence-corrected chi connectivity index (χ3v) is 3.62. The summed E-state index contributed by atoms with van der Waals surface area (Å²) in [6.07, 6.45) is 3.78. The molecule has 3 N–H and O–H groups in total. The topological polar surface area (TPSA) is 80.9 Å². The summed E-state index contributed by atoms with van der Waals surface area (Å²) >= 11 is 1.12. The van der Waals surface area contributed by atoms with Gasteiger partial charge < -0.3 is 11.1 Å². The van der Waals surface area contributed by atoms with Gasteiger partial charge in [0.25, 0.3) is 5.91 Å². The Kier molecular flexibility index (Phi) is 2.71. The van der Waals surface area contributed by atoms with Crippen LogP contribution in [0, 0.1) is 0 Å². The molecule has 1 saturated carbocycles. The van der Waals surface area contributed by atoms with Gasteiger partial charge in [0.1, 0.15) is 10.6 Å². The lowest BCUT2D eigenvalue weighted by Gasteiger charge is -2.01. The molecule has 0 bridgehead atoms. The predicted octanol–water partition coefficient (Wildman–Crippen LogP) is 1.68. The normalized spacial score (nSPS) is 14.4. The molecule has 0 aliphatic heterocycles. The Morgan fingerprint density at radius 2 is 2.28 bits per heavy atom. The van der Waals surface area contributed by atoms with Crippen LogP contribution >= 0.6 is 11.5 Å². The smallest absolute Gasteiger partial charge is 0.265 e. The molecule has 0 atom stereocenters. The molecule has 1 aliphatic rings. The molecule has 1 fully saturated rings. The van der Waals surface area contributed by atoms with E-state index in [2.05, 4.69) is 14.7 Å². The first kappa shape index (κ1) is 11.2. The van der Waals surface area contributed by atoms with Crippen LogP contribution in [0.1, 0.15) is 22.5 Å². The molecule has 0 saturated heterocycles. The van der Waals surface area contributed by atoms with Gasteiger partial charge in [0.15, 0.2) is 0 Å². The first-order valence-electron chi connectivity index (χ1n) is 5.73. The van der Waals surface area contributed by atoms with E-state index in [4.69, 9.17) is 5.73 Å². The minimum Gasteiger partial charge on any atom is -0.396 e. The van der Waals surface area contributed by atoms with E-state index in [9.17, 15) is 4.79 Å². The molecular weight excluding hydrogens is 248 g/mol. The summed E-state index contributed by atoms with van der Waals surface area (Å²) in [6.45, 7) is 0. The lowest BCUT2D eigenvalue weighted by molar-refractivity contribution is 0.0956. The summed E-state index contributed by atoms with van der Waals surface area (Å²) in [5.74, 6) is -0.130. The van der Waals surface area contributed by atoms with E-state index in [-0.39, 0.29) is 5.91 Å². The van der Waals surface area contributed by atoms with Crippen molar-refractivity contribution in [3.63, 3.8) is 0 Å². The molecule has 18 heavy (non-hydrogen) atoms. The molecule has 5 nitrogen and oxygen atoms in total. The summed E-state index contributed by atoms with van der Waals surface area (Å²) in [5, 5.41) is 2.91.